The summed E-state index contributed by atoms with van der Waals surface area (Å²) in [5.41, 5.74) is 0. The van der Waals surface area contributed by atoms with Crippen LogP contribution in [-0.4, -0.2) is 10.7 Å². The molecule has 0 aromatic carbocycles. The van der Waals surface area contributed by atoms with E-state index in [-0.39, 0.29) is 18.1 Å². The van der Waals surface area contributed by atoms with Gasteiger partial charge in [0.15, 0.2) is 0 Å². The minimum absolute atomic E-state index is 0.131. The zero-order valence-electron chi connectivity index (χ0n) is 10.9. The van der Waals surface area contributed by atoms with Crippen molar-refractivity contribution in [2.75, 3.05) is 0 Å². The first kappa shape index (κ1) is 13.2. The number of ether oxygens (including phenoxy) is 1. The average Bonchev–Trinajstić information content (AvgIpc) is 3.00. The molecule has 102 valence electrons. The predicted molar refractivity (Wildman–Crippen MR) is 78.6 cm³/mol. The normalized spacial score (nSPS) is 27.2. The first-order chi connectivity index (χ1) is 9.11. The molecule has 1 saturated heterocycles. The Balaban J connectivity index is 2.07. The molecule has 0 N–H and O–H groups in total. The molecule has 0 saturated carbocycles. The first-order valence-corrected chi connectivity index (χ1v) is 7.84. The summed E-state index contributed by atoms with van der Waals surface area (Å²) in [4.78, 5) is 0. The molecule has 2 aromatic heterocycles. The summed E-state index contributed by atoms with van der Waals surface area (Å²) in [6.45, 7) is 4.30. The fourth-order valence-electron chi connectivity index (χ4n) is 2.78. The van der Waals surface area contributed by atoms with Gasteiger partial charge in [-0.3, -0.25) is 0 Å². The van der Waals surface area contributed by atoms with Crippen LogP contribution >= 0.6 is 23.6 Å². The number of aromatic nitrogens is 1. The van der Waals surface area contributed by atoms with Gasteiger partial charge in [-0.2, -0.15) is 0 Å². The van der Waals surface area contributed by atoms with Crippen LogP contribution in [0.25, 0.3) is 10.1 Å². The van der Waals surface area contributed by atoms with E-state index in [1.54, 1.807) is 10.6 Å². The lowest BCUT2D eigenvalue weighted by molar-refractivity contribution is -0.00604. The van der Waals surface area contributed by atoms with E-state index in [0.29, 0.717) is 15.9 Å². The number of rotatable bonds is 2. The first-order valence-electron chi connectivity index (χ1n) is 6.55. The van der Waals surface area contributed by atoms with Gasteiger partial charge in [0.25, 0.3) is 0 Å². The molecule has 0 amide bonds. The van der Waals surface area contributed by atoms with E-state index in [1.807, 2.05) is 5.38 Å². The number of fused-ring (bicyclic) bond motifs is 1. The fraction of sp³-hybridized carbons (Fsp3) is 0.500. The Labute approximate surface area is 120 Å². The van der Waals surface area contributed by atoms with Gasteiger partial charge >= 0.3 is 0 Å². The Morgan fingerprint density at radius 3 is 3.05 bits per heavy atom. The van der Waals surface area contributed by atoms with E-state index in [0.717, 1.165) is 17.5 Å². The molecule has 2 nitrogen and oxygen atoms in total. The van der Waals surface area contributed by atoms with E-state index in [1.165, 1.54) is 17.5 Å². The third kappa shape index (κ3) is 2.14. The Morgan fingerprint density at radius 2 is 2.37 bits per heavy atom. The van der Waals surface area contributed by atoms with E-state index in [9.17, 15) is 4.39 Å². The summed E-state index contributed by atoms with van der Waals surface area (Å²) in [6, 6.07) is 1.78. The van der Waals surface area contributed by atoms with Crippen LogP contribution in [0.15, 0.2) is 17.6 Å². The summed E-state index contributed by atoms with van der Waals surface area (Å²) in [7, 11) is 0. The van der Waals surface area contributed by atoms with Crippen LogP contribution in [0.2, 0.25) is 0 Å². The van der Waals surface area contributed by atoms with Crippen molar-refractivity contribution in [2.24, 2.45) is 5.92 Å². The van der Waals surface area contributed by atoms with Crippen LogP contribution in [0.3, 0.4) is 0 Å². The van der Waals surface area contributed by atoms with Crippen molar-refractivity contribution < 1.29 is 9.13 Å². The Bertz CT molecular complexity index is 663. The number of hydrogen-bond acceptors (Lipinski definition) is 3. The highest BCUT2D eigenvalue weighted by Gasteiger charge is 2.32. The summed E-state index contributed by atoms with van der Waals surface area (Å²) in [5.74, 6) is 0.264. The highest BCUT2D eigenvalue weighted by atomic mass is 32.1. The molecule has 1 aliphatic rings. The molecule has 1 aliphatic heterocycles. The van der Waals surface area contributed by atoms with Crippen molar-refractivity contribution in [2.45, 2.75) is 39.0 Å². The van der Waals surface area contributed by atoms with Gasteiger partial charge in [-0.1, -0.05) is 26.1 Å². The molecule has 1 fully saturated rings. The average molecular weight is 297 g/mol. The second kappa shape index (κ2) is 4.96. The van der Waals surface area contributed by atoms with Gasteiger partial charge in [0, 0.05) is 11.6 Å². The van der Waals surface area contributed by atoms with Crippen LogP contribution in [0.1, 0.15) is 32.9 Å². The SMILES string of the molecule is CC[C@H]1O[C@@H](n2cc(F)c3ccsc3c2=S)C[C@H]1C. The summed E-state index contributed by atoms with van der Waals surface area (Å²) >= 11 is 6.97. The molecule has 5 heteroatoms. The molecule has 0 bridgehead atoms. The standard InChI is InChI=1S/C14H16FNOS2/c1-3-11-8(2)6-12(17-11)16-7-10(15)9-4-5-19-13(9)14(16)18/h4-5,7-8,11-12H,3,6H2,1-2H3/t8-,11-,12-/m1/s1. The van der Waals surface area contributed by atoms with Crippen molar-refractivity contribution >= 4 is 33.6 Å². The van der Waals surface area contributed by atoms with E-state index >= 15 is 0 Å². The van der Waals surface area contributed by atoms with E-state index in [4.69, 9.17) is 17.0 Å². The smallest absolute Gasteiger partial charge is 0.148 e. The number of thiophene rings is 1. The lowest BCUT2D eigenvalue weighted by Gasteiger charge is -2.17. The molecular formula is C14H16FNOS2. The number of pyridine rings is 1. The van der Waals surface area contributed by atoms with Crippen LogP contribution in [0.5, 0.6) is 0 Å². The van der Waals surface area contributed by atoms with Crippen LogP contribution in [0.4, 0.5) is 4.39 Å². The molecule has 0 radical (unpaired) electrons. The van der Waals surface area contributed by atoms with Gasteiger partial charge in [-0.05, 0) is 30.2 Å². The molecule has 2 aromatic rings. The fourth-order valence-corrected chi connectivity index (χ4v) is 4.05. The monoisotopic (exact) mass is 297 g/mol. The van der Waals surface area contributed by atoms with Crippen LogP contribution < -0.4 is 0 Å². The lowest BCUT2D eigenvalue weighted by Crippen LogP contribution is -2.13. The van der Waals surface area contributed by atoms with Gasteiger partial charge in [0.2, 0.25) is 0 Å². The van der Waals surface area contributed by atoms with Crippen molar-refractivity contribution in [1.29, 1.82) is 0 Å². The second-order valence-corrected chi connectivity index (χ2v) is 6.41. The number of halogens is 1. The predicted octanol–water partition coefficient (Wildman–Crippen LogP) is 4.90. The van der Waals surface area contributed by atoms with Crippen molar-refractivity contribution in [3.8, 4) is 0 Å². The van der Waals surface area contributed by atoms with E-state index in [2.05, 4.69) is 13.8 Å². The minimum atomic E-state index is -0.221. The van der Waals surface area contributed by atoms with Gasteiger partial charge in [-0.25, -0.2) is 4.39 Å². The summed E-state index contributed by atoms with van der Waals surface area (Å²) in [5, 5.41) is 2.49. The zero-order chi connectivity index (χ0) is 13.6. The highest BCUT2D eigenvalue weighted by Crippen LogP contribution is 2.36. The van der Waals surface area contributed by atoms with Crippen molar-refractivity contribution in [3.05, 3.63) is 28.1 Å². The summed E-state index contributed by atoms with van der Waals surface area (Å²) in [6.07, 6.45) is 3.48. The maximum Gasteiger partial charge on any atom is 0.148 e. The van der Waals surface area contributed by atoms with Crippen LogP contribution in [0, 0.1) is 16.4 Å². The lowest BCUT2D eigenvalue weighted by atomic mass is 10.0. The molecule has 3 rings (SSSR count). The number of nitrogens with zero attached hydrogens (tertiary/aromatic N) is 1. The van der Waals surface area contributed by atoms with Crippen molar-refractivity contribution in [1.82, 2.24) is 4.57 Å². The van der Waals surface area contributed by atoms with Gasteiger partial charge < -0.3 is 9.30 Å². The largest absolute Gasteiger partial charge is 0.355 e. The molecule has 3 heterocycles. The Morgan fingerprint density at radius 1 is 1.58 bits per heavy atom. The molecule has 3 atom stereocenters. The maximum atomic E-state index is 14.1. The molecular weight excluding hydrogens is 281 g/mol. The highest BCUT2D eigenvalue weighted by molar-refractivity contribution is 7.71. The van der Waals surface area contributed by atoms with Crippen LogP contribution in [-0.2, 0) is 4.74 Å². The topological polar surface area (TPSA) is 14.2 Å². The Kier molecular flexibility index (Phi) is 3.45. The summed E-state index contributed by atoms with van der Waals surface area (Å²) < 4.78 is 23.4. The third-order valence-corrected chi connectivity index (χ3v) is 5.32. The molecule has 19 heavy (non-hydrogen) atoms. The molecule has 0 spiro atoms. The van der Waals surface area contributed by atoms with Gasteiger partial charge in [0.1, 0.15) is 16.7 Å². The Hall–Kier alpha value is -0.780. The van der Waals surface area contributed by atoms with Gasteiger partial charge in [0.05, 0.1) is 10.8 Å². The maximum absolute atomic E-state index is 14.1. The molecule has 0 aliphatic carbocycles. The van der Waals surface area contributed by atoms with Crippen molar-refractivity contribution in [3.63, 3.8) is 0 Å². The number of hydrogen-bond donors (Lipinski definition) is 0. The van der Waals surface area contributed by atoms with Gasteiger partial charge in [-0.15, -0.1) is 11.3 Å². The minimum Gasteiger partial charge on any atom is -0.355 e. The quantitative estimate of drug-likeness (QED) is 0.732. The second-order valence-electron chi connectivity index (χ2n) is 5.10. The zero-order valence-corrected chi connectivity index (χ0v) is 12.6. The molecule has 0 unspecified atom stereocenters. The third-order valence-electron chi connectivity index (χ3n) is 3.86. The van der Waals surface area contributed by atoms with E-state index < -0.39 is 0 Å².